The van der Waals surface area contributed by atoms with Crippen molar-refractivity contribution in [2.24, 2.45) is 0 Å². The van der Waals surface area contributed by atoms with Gasteiger partial charge in [0.15, 0.2) is 0 Å². The smallest absolute Gasteiger partial charge is 0.120 e. The van der Waals surface area contributed by atoms with E-state index in [1.54, 1.807) is 0 Å². The molecule has 0 aliphatic heterocycles. The number of ether oxygens (including phenoxy) is 1. The summed E-state index contributed by atoms with van der Waals surface area (Å²) in [5.41, 5.74) is 1.27. The van der Waals surface area contributed by atoms with Gasteiger partial charge in [0.05, 0.1) is 6.10 Å². The molecule has 2 aromatic rings. The van der Waals surface area contributed by atoms with Crippen LogP contribution in [0.2, 0.25) is 0 Å². The molecule has 1 aromatic heterocycles. The SMILES string of the molecule is CC(C)Oc1ccc2c(ccn2CCN(C)C)c1. The van der Waals surface area contributed by atoms with Crippen molar-refractivity contribution in [2.75, 3.05) is 20.6 Å². The molecule has 0 saturated carbocycles. The van der Waals surface area contributed by atoms with Crippen LogP contribution in [-0.2, 0) is 6.54 Å². The Morgan fingerprint density at radius 2 is 2.00 bits per heavy atom. The largest absolute Gasteiger partial charge is 0.491 e. The van der Waals surface area contributed by atoms with Gasteiger partial charge in [-0.25, -0.2) is 0 Å². The number of rotatable bonds is 5. The number of fused-ring (bicyclic) bond motifs is 1. The van der Waals surface area contributed by atoms with E-state index in [1.165, 1.54) is 10.9 Å². The molecular weight excluding hydrogens is 224 g/mol. The van der Waals surface area contributed by atoms with Gasteiger partial charge in [0.1, 0.15) is 5.75 Å². The van der Waals surface area contributed by atoms with Gasteiger partial charge in [-0.15, -0.1) is 0 Å². The van der Waals surface area contributed by atoms with Gasteiger partial charge in [0.2, 0.25) is 0 Å². The second-order valence-electron chi connectivity index (χ2n) is 5.20. The molecule has 18 heavy (non-hydrogen) atoms. The summed E-state index contributed by atoms with van der Waals surface area (Å²) < 4.78 is 8.00. The summed E-state index contributed by atoms with van der Waals surface area (Å²) in [6.07, 6.45) is 2.37. The Balaban J connectivity index is 2.20. The predicted octanol–water partition coefficient (Wildman–Crippen LogP) is 2.99. The highest BCUT2D eigenvalue weighted by molar-refractivity contribution is 5.81. The molecule has 0 spiro atoms. The van der Waals surface area contributed by atoms with Gasteiger partial charge < -0.3 is 14.2 Å². The van der Waals surface area contributed by atoms with Gasteiger partial charge in [-0.3, -0.25) is 0 Å². The Bertz CT molecular complexity index is 514. The van der Waals surface area contributed by atoms with Gasteiger partial charge in [-0.05, 0) is 52.2 Å². The number of hydrogen-bond acceptors (Lipinski definition) is 2. The van der Waals surface area contributed by atoms with Crippen LogP contribution in [0, 0.1) is 0 Å². The van der Waals surface area contributed by atoms with Crippen molar-refractivity contribution in [3.05, 3.63) is 30.5 Å². The molecule has 0 N–H and O–H groups in total. The van der Waals surface area contributed by atoms with Crippen molar-refractivity contribution >= 4 is 10.9 Å². The van der Waals surface area contributed by atoms with Crippen LogP contribution < -0.4 is 4.74 Å². The van der Waals surface area contributed by atoms with Crippen molar-refractivity contribution in [3.8, 4) is 5.75 Å². The molecule has 0 amide bonds. The topological polar surface area (TPSA) is 17.4 Å². The minimum atomic E-state index is 0.221. The van der Waals surface area contributed by atoms with Gasteiger partial charge in [0, 0.05) is 30.2 Å². The first-order valence-corrected chi connectivity index (χ1v) is 6.46. The third kappa shape index (κ3) is 3.05. The summed E-state index contributed by atoms with van der Waals surface area (Å²) in [5.74, 6) is 0.947. The van der Waals surface area contributed by atoms with E-state index in [9.17, 15) is 0 Å². The predicted molar refractivity (Wildman–Crippen MR) is 76.3 cm³/mol. The van der Waals surface area contributed by atoms with Crippen LogP contribution >= 0.6 is 0 Å². The number of likely N-dealkylation sites (N-methyl/N-ethyl adjacent to an activating group) is 1. The molecule has 0 radical (unpaired) electrons. The second kappa shape index (κ2) is 5.44. The second-order valence-corrected chi connectivity index (χ2v) is 5.20. The van der Waals surface area contributed by atoms with Crippen LogP contribution in [0.1, 0.15) is 13.8 Å². The number of aromatic nitrogens is 1. The Kier molecular flexibility index (Phi) is 3.92. The van der Waals surface area contributed by atoms with E-state index in [0.717, 1.165) is 18.8 Å². The first-order valence-electron chi connectivity index (χ1n) is 6.46. The Labute approximate surface area is 109 Å². The van der Waals surface area contributed by atoms with Crippen LogP contribution in [0.5, 0.6) is 5.75 Å². The first kappa shape index (κ1) is 13.0. The van der Waals surface area contributed by atoms with Crippen LogP contribution in [0.3, 0.4) is 0 Å². The van der Waals surface area contributed by atoms with E-state index in [1.807, 2.05) is 13.8 Å². The quantitative estimate of drug-likeness (QED) is 0.807. The highest BCUT2D eigenvalue weighted by atomic mass is 16.5. The van der Waals surface area contributed by atoms with Crippen molar-refractivity contribution < 1.29 is 4.74 Å². The molecular formula is C15H22N2O. The maximum Gasteiger partial charge on any atom is 0.120 e. The Morgan fingerprint density at radius 3 is 2.67 bits per heavy atom. The molecule has 1 heterocycles. The summed E-state index contributed by atoms with van der Waals surface area (Å²) in [6.45, 7) is 6.16. The maximum atomic E-state index is 5.71. The molecule has 0 bridgehead atoms. The summed E-state index contributed by atoms with van der Waals surface area (Å²) in [7, 11) is 4.19. The molecule has 98 valence electrons. The molecule has 0 unspecified atom stereocenters. The lowest BCUT2D eigenvalue weighted by molar-refractivity contribution is 0.243. The van der Waals surface area contributed by atoms with Crippen molar-refractivity contribution in [1.82, 2.24) is 9.47 Å². The van der Waals surface area contributed by atoms with Crippen LogP contribution in [0.25, 0.3) is 10.9 Å². The van der Waals surface area contributed by atoms with E-state index in [4.69, 9.17) is 4.74 Å². The van der Waals surface area contributed by atoms with Crippen molar-refractivity contribution in [2.45, 2.75) is 26.5 Å². The van der Waals surface area contributed by atoms with E-state index in [0.29, 0.717) is 0 Å². The van der Waals surface area contributed by atoms with Crippen LogP contribution in [0.4, 0.5) is 0 Å². The third-order valence-electron chi connectivity index (χ3n) is 2.90. The average Bonchev–Trinajstić information content (AvgIpc) is 2.68. The van der Waals surface area contributed by atoms with Crippen LogP contribution in [0.15, 0.2) is 30.5 Å². The van der Waals surface area contributed by atoms with Gasteiger partial charge in [-0.1, -0.05) is 0 Å². The van der Waals surface area contributed by atoms with Gasteiger partial charge in [0.25, 0.3) is 0 Å². The number of nitrogens with zero attached hydrogens (tertiary/aromatic N) is 2. The minimum absolute atomic E-state index is 0.221. The zero-order valence-electron chi connectivity index (χ0n) is 11.7. The molecule has 3 heteroatoms. The first-order chi connectivity index (χ1) is 8.56. The molecule has 2 rings (SSSR count). The highest BCUT2D eigenvalue weighted by Crippen LogP contribution is 2.22. The zero-order valence-corrected chi connectivity index (χ0v) is 11.7. The lowest BCUT2D eigenvalue weighted by Crippen LogP contribution is -2.17. The van der Waals surface area contributed by atoms with Crippen molar-refractivity contribution in [3.63, 3.8) is 0 Å². The van der Waals surface area contributed by atoms with Crippen LogP contribution in [-0.4, -0.2) is 36.2 Å². The molecule has 3 nitrogen and oxygen atoms in total. The fraction of sp³-hybridized carbons (Fsp3) is 0.467. The Morgan fingerprint density at radius 1 is 1.22 bits per heavy atom. The van der Waals surface area contributed by atoms with Crippen molar-refractivity contribution in [1.29, 1.82) is 0 Å². The minimum Gasteiger partial charge on any atom is -0.491 e. The standard InChI is InChI=1S/C15H22N2O/c1-12(2)18-14-5-6-15-13(11-14)7-8-17(15)10-9-16(3)4/h5-8,11-12H,9-10H2,1-4H3. The van der Waals surface area contributed by atoms with Gasteiger partial charge >= 0.3 is 0 Å². The molecule has 0 saturated heterocycles. The van der Waals surface area contributed by atoms with E-state index >= 15 is 0 Å². The third-order valence-corrected chi connectivity index (χ3v) is 2.90. The zero-order chi connectivity index (χ0) is 13.1. The van der Waals surface area contributed by atoms with E-state index in [2.05, 4.69) is 54.0 Å². The molecule has 1 aromatic carbocycles. The van der Waals surface area contributed by atoms with E-state index in [-0.39, 0.29) is 6.10 Å². The molecule has 0 fully saturated rings. The highest BCUT2D eigenvalue weighted by Gasteiger charge is 2.04. The summed E-state index contributed by atoms with van der Waals surface area (Å²) in [5, 5.41) is 1.24. The Hall–Kier alpha value is -1.48. The fourth-order valence-corrected chi connectivity index (χ4v) is 2.03. The molecule has 0 aliphatic carbocycles. The summed E-state index contributed by atoms with van der Waals surface area (Å²) in [6, 6.07) is 8.46. The number of benzene rings is 1. The summed E-state index contributed by atoms with van der Waals surface area (Å²) >= 11 is 0. The average molecular weight is 246 g/mol. The normalized spacial score (nSPS) is 11.7. The maximum absolute atomic E-state index is 5.71. The van der Waals surface area contributed by atoms with E-state index < -0.39 is 0 Å². The fourth-order valence-electron chi connectivity index (χ4n) is 2.03. The molecule has 0 aliphatic rings. The van der Waals surface area contributed by atoms with Gasteiger partial charge in [-0.2, -0.15) is 0 Å². The monoisotopic (exact) mass is 246 g/mol. The summed E-state index contributed by atoms with van der Waals surface area (Å²) in [4.78, 5) is 2.20. The lowest BCUT2D eigenvalue weighted by atomic mass is 10.2. The number of hydrogen-bond donors (Lipinski definition) is 0. The lowest BCUT2D eigenvalue weighted by Gasteiger charge is -2.12. The molecule has 0 atom stereocenters.